The molecule has 1 aromatic heterocycles. The summed E-state index contributed by atoms with van der Waals surface area (Å²) in [6.45, 7) is 1.07. The fraction of sp³-hybridized carbons (Fsp3) is 0.250. The van der Waals surface area contributed by atoms with Crippen LogP contribution in [0.25, 0.3) is 10.9 Å². The van der Waals surface area contributed by atoms with Crippen LogP contribution in [0.4, 0.5) is 8.78 Å². The van der Waals surface area contributed by atoms with Crippen molar-refractivity contribution in [2.75, 3.05) is 13.7 Å². The fourth-order valence-electron chi connectivity index (χ4n) is 2.96. The minimum Gasteiger partial charge on any atom is -0.383 e. The Kier molecular flexibility index (Phi) is 5.63. The average molecular weight is 358 g/mol. The first-order valence-corrected chi connectivity index (χ1v) is 8.35. The van der Waals surface area contributed by atoms with E-state index in [-0.39, 0.29) is 24.4 Å². The van der Waals surface area contributed by atoms with Crippen LogP contribution in [0.5, 0.6) is 0 Å². The van der Waals surface area contributed by atoms with Gasteiger partial charge in [-0.15, -0.1) is 0 Å². The lowest BCUT2D eigenvalue weighted by Crippen LogP contribution is -2.25. The molecule has 0 bridgehead atoms. The van der Waals surface area contributed by atoms with Gasteiger partial charge in [-0.2, -0.15) is 0 Å². The van der Waals surface area contributed by atoms with Gasteiger partial charge in [0.05, 0.1) is 13.0 Å². The van der Waals surface area contributed by atoms with Gasteiger partial charge in [-0.1, -0.05) is 24.3 Å². The van der Waals surface area contributed by atoms with Crippen LogP contribution in [0, 0.1) is 11.6 Å². The number of methoxy groups -OCH3 is 1. The van der Waals surface area contributed by atoms with Crippen molar-refractivity contribution in [2.45, 2.75) is 19.5 Å². The summed E-state index contributed by atoms with van der Waals surface area (Å²) in [5, 5.41) is 3.58. The quantitative estimate of drug-likeness (QED) is 0.703. The Morgan fingerprint density at radius 2 is 1.85 bits per heavy atom. The van der Waals surface area contributed by atoms with E-state index >= 15 is 0 Å². The van der Waals surface area contributed by atoms with Gasteiger partial charge in [0.2, 0.25) is 5.91 Å². The molecule has 0 aliphatic carbocycles. The summed E-state index contributed by atoms with van der Waals surface area (Å²) < 4.78 is 34.5. The predicted molar refractivity (Wildman–Crippen MR) is 95.7 cm³/mol. The van der Waals surface area contributed by atoms with Gasteiger partial charge in [0.1, 0.15) is 11.6 Å². The van der Waals surface area contributed by atoms with Crippen molar-refractivity contribution >= 4 is 16.8 Å². The molecule has 1 heterocycles. The summed E-state index contributed by atoms with van der Waals surface area (Å²) >= 11 is 0. The van der Waals surface area contributed by atoms with Gasteiger partial charge in [0.25, 0.3) is 0 Å². The van der Waals surface area contributed by atoms with Gasteiger partial charge < -0.3 is 14.6 Å². The molecule has 136 valence electrons. The van der Waals surface area contributed by atoms with E-state index in [9.17, 15) is 13.6 Å². The maximum Gasteiger partial charge on any atom is 0.224 e. The highest BCUT2D eigenvalue weighted by Gasteiger charge is 2.13. The van der Waals surface area contributed by atoms with Crippen LogP contribution in [0.1, 0.15) is 11.1 Å². The Balaban J connectivity index is 1.73. The van der Waals surface area contributed by atoms with Crippen LogP contribution in [-0.2, 0) is 29.0 Å². The van der Waals surface area contributed by atoms with Crippen molar-refractivity contribution < 1.29 is 18.3 Å². The zero-order valence-electron chi connectivity index (χ0n) is 14.5. The first kappa shape index (κ1) is 18.1. The van der Waals surface area contributed by atoms with E-state index in [4.69, 9.17) is 4.74 Å². The number of hydrogen-bond acceptors (Lipinski definition) is 2. The van der Waals surface area contributed by atoms with E-state index in [1.165, 1.54) is 18.2 Å². The highest BCUT2D eigenvalue weighted by molar-refractivity contribution is 5.89. The molecule has 4 nitrogen and oxygen atoms in total. The molecule has 1 N–H and O–H groups in total. The lowest BCUT2D eigenvalue weighted by molar-refractivity contribution is -0.120. The summed E-state index contributed by atoms with van der Waals surface area (Å²) in [5.74, 6) is -1.62. The lowest BCUT2D eigenvalue weighted by atomic mass is 10.1. The summed E-state index contributed by atoms with van der Waals surface area (Å²) in [6, 6.07) is 11.4. The number of hydrogen-bond donors (Lipinski definition) is 1. The van der Waals surface area contributed by atoms with Gasteiger partial charge in [-0.3, -0.25) is 4.79 Å². The van der Waals surface area contributed by atoms with Gasteiger partial charge >= 0.3 is 0 Å². The Labute approximate surface area is 150 Å². The number of carbonyl (C=O) groups excluding carboxylic acids is 1. The van der Waals surface area contributed by atoms with Crippen molar-refractivity contribution in [1.82, 2.24) is 9.88 Å². The Bertz CT molecular complexity index is 901. The van der Waals surface area contributed by atoms with E-state index in [0.29, 0.717) is 13.2 Å². The van der Waals surface area contributed by atoms with E-state index in [1.54, 1.807) is 7.11 Å². The van der Waals surface area contributed by atoms with Crippen molar-refractivity contribution in [1.29, 1.82) is 0 Å². The third kappa shape index (κ3) is 3.91. The van der Waals surface area contributed by atoms with Gasteiger partial charge in [0.15, 0.2) is 0 Å². The third-order valence-electron chi connectivity index (χ3n) is 4.28. The first-order valence-electron chi connectivity index (χ1n) is 8.35. The molecule has 0 aliphatic heterocycles. The number of benzene rings is 2. The minimum atomic E-state index is -0.665. The zero-order chi connectivity index (χ0) is 18.5. The Morgan fingerprint density at radius 3 is 2.58 bits per heavy atom. The number of ether oxygens (including phenoxy) is 1. The van der Waals surface area contributed by atoms with Crippen LogP contribution >= 0.6 is 0 Å². The summed E-state index contributed by atoms with van der Waals surface area (Å²) in [6.07, 6.45) is 2.06. The van der Waals surface area contributed by atoms with Crippen molar-refractivity contribution in [3.05, 3.63) is 71.4 Å². The maximum absolute atomic E-state index is 13.7. The number of halogens is 2. The summed E-state index contributed by atoms with van der Waals surface area (Å²) in [4.78, 5) is 12.3. The topological polar surface area (TPSA) is 43.3 Å². The number of nitrogens with one attached hydrogen (secondary N) is 1. The first-order chi connectivity index (χ1) is 12.6. The molecule has 0 radical (unpaired) electrons. The van der Waals surface area contributed by atoms with Gasteiger partial charge in [-0.05, 0) is 23.8 Å². The molecule has 2 aromatic carbocycles. The number of amides is 1. The molecule has 0 aliphatic rings. The van der Waals surface area contributed by atoms with E-state index < -0.39 is 11.6 Å². The smallest absolute Gasteiger partial charge is 0.224 e. The van der Waals surface area contributed by atoms with Crippen LogP contribution in [0.3, 0.4) is 0 Å². The highest BCUT2D eigenvalue weighted by Crippen LogP contribution is 2.22. The Hall–Kier alpha value is -2.73. The molecule has 6 heteroatoms. The maximum atomic E-state index is 13.7. The molecule has 0 atom stereocenters. The number of nitrogens with zero attached hydrogens (tertiary/aromatic N) is 1. The number of aromatic nitrogens is 1. The van der Waals surface area contributed by atoms with Gasteiger partial charge in [0, 0.05) is 42.9 Å². The number of rotatable bonds is 7. The standard InChI is InChI=1S/C20H20F2N2O2/c1-26-10-9-24-13-14(15-5-2-3-8-19(15)24)11-20(25)23-12-16-17(21)6-4-7-18(16)22/h2-8,13H,9-12H2,1H3,(H,23,25). The van der Waals surface area contributed by atoms with E-state index in [0.717, 1.165) is 16.5 Å². The second-order valence-electron chi connectivity index (χ2n) is 6.01. The average Bonchev–Trinajstić information content (AvgIpc) is 2.97. The predicted octanol–water partition coefficient (Wildman–Crippen LogP) is 3.42. The second kappa shape index (κ2) is 8.10. The molecule has 1 amide bonds. The van der Waals surface area contributed by atoms with Crippen molar-refractivity contribution in [2.24, 2.45) is 0 Å². The molecule has 0 unspecified atom stereocenters. The molecule has 0 spiro atoms. The number of para-hydroxylation sites is 1. The molecule has 3 aromatic rings. The van der Waals surface area contributed by atoms with Crippen molar-refractivity contribution in [3.63, 3.8) is 0 Å². The third-order valence-corrected chi connectivity index (χ3v) is 4.28. The largest absolute Gasteiger partial charge is 0.383 e. The fourth-order valence-corrected chi connectivity index (χ4v) is 2.96. The molecular weight excluding hydrogens is 338 g/mol. The van der Waals surface area contributed by atoms with E-state index in [1.807, 2.05) is 35.0 Å². The monoisotopic (exact) mass is 358 g/mol. The molecule has 3 rings (SSSR count). The zero-order valence-corrected chi connectivity index (χ0v) is 14.5. The van der Waals surface area contributed by atoms with Crippen LogP contribution < -0.4 is 5.32 Å². The van der Waals surface area contributed by atoms with Crippen molar-refractivity contribution in [3.8, 4) is 0 Å². The molecule has 0 saturated carbocycles. The lowest BCUT2D eigenvalue weighted by Gasteiger charge is -2.07. The highest BCUT2D eigenvalue weighted by atomic mass is 19.1. The second-order valence-corrected chi connectivity index (χ2v) is 6.01. The normalized spacial score (nSPS) is 11.0. The summed E-state index contributed by atoms with van der Waals surface area (Å²) in [7, 11) is 1.64. The molecular formula is C20H20F2N2O2. The Morgan fingerprint density at radius 1 is 1.12 bits per heavy atom. The number of fused-ring (bicyclic) bond motifs is 1. The SMILES string of the molecule is COCCn1cc(CC(=O)NCc2c(F)cccc2F)c2ccccc21. The van der Waals surface area contributed by atoms with Crippen LogP contribution in [0.15, 0.2) is 48.7 Å². The molecule has 0 saturated heterocycles. The molecule has 0 fully saturated rings. The van der Waals surface area contributed by atoms with Gasteiger partial charge in [-0.25, -0.2) is 8.78 Å². The summed E-state index contributed by atoms with van der Waals surface area (Å²) in [5.41, 5.74) is 1.75. The minimum absolute atomic E-state index is 0.135. The van der Waals surface area contributed by atoms with Crippen LogP contribution in [-0.4, -0.2) is 24.2 Å². The molecule has 26 heavy (non-hydrogen) atoms. The van der Waals surface area contributed by atoms with Crippen LogP contribution in [0.2, 0.25) is 0 Å². The van der Waals surface area contributed by atoms with E-state index in [2.05, 4.69) is 5.32 Å². The number of carbonyl (C=O) groups is 1.